The Bertz CT molecular complexity index is 1590. The molecule has 1 heterocycles. The Balaban J connectivity index is 1.51. The monoisotopic (exact) mass is 652 g/mol. The van der Waals surface area contributed by atoms with Crippen LogP contribution in [0.4, 0.5) is 0 Å². The molecule has 0 aliphatic carbocycles. The molecule has 0 amide bonds. The van der Waals surface area contributed by atoms with Crippen molar-refractivity contribution in [2.45, 2.75) is 49.8 Å². The van der Waals surface area contributed by atoms with E-state index in [1.807, 2.05) is 97.1 Å². The van der Waals surface area contributed by atoms with Crippen LogP contribution in [0.3, 0.4) is 0 Å². The van der Waals surface area contributed by atoms with Crippen LogP contribution < -0.4 is 9.47 Å². The van der Waals surface area contributed by atoms with Crippen molar-refractivity contribution >= 4 is 12.0 Å². The molecule has 1 aliphatic heterocycles. The molecule has 1 saturated heterocycles. The summed E-state index contributed by atoms with van der Waals surface area (Å²) in [4.78, 5) is 12.4. The van der Waals surface area contributed by atoms with E-state index in [1.54, 1.807) is 27.4 Å². The normalized spacial score (nSPS) is 19.9. The van der Waals surface area contributed by atoms with Crippen LogP contribution in [0.15, 0.2) is 109 Å². The lowest BCUT2D eigenvalue weighted by Crippen LogP contribution is -2.49. The molecule has 0 N–H and O–H groups in total. The molecule has 4 aromatic carbocycles. The maximum Gasteiger partial charge on any atom is 0.338 e. The molecule has 48 heavy (non-hydrogen) atoms. The Morgan fingerprint density at radius 1 is 0.750 bits per heavy atom. The van der Waals surface area contributed by atoms with Gasteiger partial charge < -0.3 is 33.2 Å². The lowest BCUT2D eigenvalue weighted by molar-refractivity contribution is -0.261. The number of ether oxygens (including phenoxy) is 7. The van der Waals surface area contributed by atoms with E-state index in [2.05, 4.69) is 12.1 Å². The SMILES string of the molecule is COCO[C@@H](CCc1ccccc1)[C@H]1O[C@H](c2ccc(OC)cc2)[C@@H](c2ccc(OC)cc2)O[C@H]1C/C=C/c1ccccc1C(=O)OC. The molecule has 0 unspecified atom stereocenters. The van der Waals surface area contributed by atoms with Crippen molar-refractivity contribution in [2.75, 3.05) is 35.2 Å². The fourth-order valence-corrected chi connectivity index (χ4v) is 5.99. The van der Waals surface area contributed by atoms with Crippen LogP contribution in [0.2, 0.25) is 0 Å². The minimum Gasteiger partial charge on any atom is -0.497 e. The second kappa shape index (κ2) is 17.6. The maximum atomic E-state index is 12.4. The number of rotatable bonds is 15. The van der Waals surface area contributed by atoms with Gasteiger partial charge in [0.1, 0.15) is 36.6 Å². The van der Waals surface area contributed by atoms with Crippen molar-refractivity contribution in [1.29, 1.82) is 0 Å². The average molecular weight is 653 g/mol. The minimum absolute atomic E-state index is 0.115. The predicted molar refractivity (Wildman–Crippen MR) is 184 cm³/mol. The minimum atomic E-state index is -0.453. The zero-order valence-electron chi connectivity index (χ0n) is 28.0. The van der Waals surface area contributed by atoms with E-state index in [0.717, 1.165) is 34.6 Å². The number of benzene rings is 4. The Morgan fingerprint density at radius 3 is 1.96 bits per heavy atom. The van der Waals surface area contributed by atoms with Gasteiger partial charge in [-0.2, -0.15) is 0 Å². The second-order valence-electron chi connectivity index (χ2n) is 11.5. The third-order valence-corrected chi connectivity index (χ3v) is 8.51. The summed E-state index contributed by atoms with van der Waals surface area (Å²) in [5.41, 5.74) is 4.37. The lowest BCUT2D eigenvalue weighted by atomic mass is 9.91. The van der Waals surface area contributed by atoms with Gasteiger partial charge in [-0.3, -0.25) is 0 Å². The van der Waals surface area contributed by atoms with Gasteiger partial charge in [-0.1, -0.05) is 84.9 Å². The highest BCUT2D eigenvalue weighted by Gasteiger charge is 2.43. The van der Waals surface area contributed by atoms with Crippen LogP contribution in [0, 0.1) is 0 Å². The van der Waals surface area contributed by atoms with Crippen LogP contribution in [0.25, 0.3) is 6.08 Å². The highest BCUT2D eigenvalue weighted by molar-refractivity contribution is 5.93. The number of carbonyl (C=O) groups excluding carboxylic acids is 1. The number of aryl methyl sites for hydroxylation is 1. The van der Waals surface area contributed by atoms with E-state index in [0.29, 0.717) is 18.4 Å². The predicted octanol–water partition coefficient (Wildman–Crippen LogP) is 7.78. The molecular formula is C40H44O8. The summed E-state index contributed by atoms with van der Waals surface area (Å²) in [7, 11) is 6.30. The Kier molecular flexibility index (Phi) is 12.8. The quantitative estimate of drug-likeness (QED) is 0.0952. The van der Waals surface area contributed by atoms with Crippen LogP contribution in [-0.2, 0) is 30.1 Å². The largest absolute Gasteiger partial charge is 0.497 e. The number of esters is 1. The van der Waals surface area contributed by atoms with Crippen molar-refractivity contribution in [1.82, 2.24) is 0 Å². The number of hydrogen-bond donors (Lipinski definition) is 0. The van der Waals surface area contributed by atoms with Gasteiger partial charge in [-0.05, 0) is 71.8 Å². The van der Waals surface area contributed by atoms with Crippen LogP contribution in [0.5, 0.6) is 11.5 Å². The first-order valence-corrected chi connectivity index (χ1v) is 16.1. The molecule has 1 fully saturated rings. The summed E-state index contributed by atoms with van der Waals surface area (Å²) in [6, 6.07) is 33.5. The number of methoxy groups -OCH3 is 4. The Morgan fingerprint density at radius 2 is 1.35 bits per heavy atom. The van der Waals surface area contributed by atoms with E-state index in [1.165, 1.54) is 12.7 Å². The van der Waals surface area contributed by atoms with Gasteiger partial charge in [0.05, 0.1) is 39.1 Å². The summed E-state index contributed by atoms with van der Waals surface area (Å²) in [6.07, 6.45) is 3.86. The van der Waals surface area contributed by atoms with Gasteiger partial charge in [0, 0.05) is 7.11 Å². The molecule has 8 heteroatoms. The molecule has 252 valence electrons. The van der Waals surface area contributed by atoms with Crippen LogP contribution >= 0.6 is 0 Å². The number of hydrogen-bond acceptors (Lipinski definition) is 8. The van der Waals surface area contributed by atoms with Gasteiger partial charge >= 0.3 is 5.97 Å². The Labute approximate surface area is 283 Å². The first-order valence-electron chi connectivity index (χ1n) is 16.1. The topological polar surface area (TPSA) is 81.7 Å². The zero-order valence-corrected chi connectivity index (χ0v) is 28.0. The number of carbonyl (C=O) groups is 1. The summed E-state index contributed by atoms with van der Waals surface area (Å²) in [5, 5.41) is 0. The third-order valence-electron chi connectivity index (χ3n) is 8.51. The standard InChI is InChI=1S/C40H44O8/c1-42-27-46-35(26-17-28-11-6-5-7-12-28)39-36(16-10-14-29-13-8-9-15-34(29)40(41)45-4)47-37(30-18-22-32(43-2)23-19-30)38(48-39)31-20-24-33(44-3)25-21-31/h5-15,18-25,35-39H,16-17,26-27H2,1-4H3/b14-10+/t35-,36-,37+,38+,39+/m0/s1. The van der Waals surface area contributed by atoms with Crippen molar-refractivity contribution in [3.8, 4) is 11.5 Å². The molecule has 4 aromatic rings. The maximum absolute atomic E-state index is 12.4. The second-order valence-corrected chi connectivity index (χ2v) is 11.5. The summed E-state index contributed by atoms with van der Waals surface area (Å²) < 4.78 is 41.8. The molecular weight excluding hydrogens is 608 g/mol. The molecule has 5 rings (SSSR count). The van der Waals surface area contributed by atoms with E-state index in [4.69, 9.17) is 33.2 Å². The molecule has 0 radical (unpaired) electrons. The molecule has 5 atom stereocenters. The van der Waals surface area contributed by atoms with Gasteiger partial charge in [0.15, 0.2) is 0 Å². The van der Waals surface area contributed by atoms with Gasteiger partial charge in [0.25, 0.3) is 0 Å². The van der Waals surface area contributed by atoms with Crippen molar-refractivity contribution in [2.24, 2.45) is 0 Å². The van der Waals surface area contributed by atoms with E-state index in [-0.39, 0.29) is 18.9 Å². The van der Waals surface area contributed by atoms with Crippen molar-refractivity contribution < 1.29 is 38.0 Å². The summed E-state index contributed by atoms with van der Waals surface area (Å²) in [6.45, 7) is 0.115. The van der Waals surface area contributed by atoms with Crippen molar-refractivity contribution in [3.05, 3.63) is 137 Å². The van der Waals surface area contributed by atoms with Crippen LogP contribution in [-0.4, -0.2) is 59.5 Å². The summed E-state index contributed by atoms with van der Waals surface area (Å²) >= 11 is 0. The van der Waals surface area contributed by atoms with E-state index < -0.39 is 24.4 Å². The smallest absolute Gasteiger partial charge is 0.338 e. The first-order chi connectivity index (χ1) is 23.5. The fourth-order valence-electron chi connectivity index (χ4n) is 5.99. The third kappa shape index (κ3) is 8.90. The zero-order chi connectivity index (χ0) is 33.7. The highest BCUT2D eigenvalue weighted by Crippen LogP contribution is 2.44. The first kappa shape index (κ1) is 34.9. The Hall–Kier alpha value is -4.47. The van der Waals surface area contributed by atoms with Gasteiger partial charge in [0.2, 0.25) is 0 Å². The van der Waals surface area contributed by atoms with Crippen molar-refractivity contribution in [3.63, 3.8) is 0 Å². The van der Waals surface area contributed by atoms with Gasteiger partial charge in [-0.15, -0.1) is 0 Å². The highest BCUT2D eigenvalue weighted by atomic mass is 16.7. The average Bonchev–Trinajstić information content (AvgIpc) is 3.15. The molecule has 0 saturated carbocycles. The fraction of sp³-hybridized carbons (Fsp3) is 0.325. The molecule has 0 bridgehead atoms. The van der Waals surface area contributed by atoms with E-state index in [9.17, 15) is 4.79 Å². The van der Waals surface area contributed by atoms with E-state index >= 15 is 0 Å². The molecule has 0 aromatic heterocycles. The summed E-state index contributed by atoms with van der Waals surface area (Å²) in [5.74, 6) is 1.13. The van der Waals surface area contributed by atoms with Crippen LogP contribution in [0.1, 0.15) is 57.7 Å². The molecule has 8 nitrogen and oxygen atoms in total. The van der Waals surface area contributed by atoms with Gasteiger partial charge in [-0.25, -0.2) is 4.79 Å². The molecule has 1 aliphatic rings. The lowest BCUT2D eigenvalue weighted by Gasteiger charge is -2.45. The molecule has 0 spiro atoms.